The average Bonchev–Trinajstić information content (AvgIpc) is 2.56. The molecule has 2 atom stereocenters. The minimum absolute atomic E-state index is 0.0260. The maximum atomic E-state index is 5.91. The molecule has 0 aliphatic heterocycles. The Labute approximate surface area is 105 Å². The average molecular weight is 239 g/mol. The highest BCUT2D eigenvalue weighted by molar-refractivity contribution is 5.16. The van der Waals surface area contributed by atoms with E-state index in [4.69, 9.17) is 9.47 Å². The van der Waals surface area contributed by atoms with Gasteiger partial charge in [-0.1, -0.05) is 31.9 Å². The third kappa shape index (κ3) is 4.92. The van der Waals surface area contributed by atoms with Gasteiger partial charge >= 0.3 is 0 Å². The fraction of sp³-hybridized carbons (Fsp3) is 0.714. The molecule has 98 valence electrons. The Balaban J connectivity index is 2.52. The molecule has 0 aromatic rings. The number of ether oxygens (including phenoxy) is 2. The second kappa shape index (κ2) is 8.31. The van der Waals surface area contributed by atoms with Crippen LogP contribution in [0.15, 0.2) is 23.9 Å². The van der Waals surface area contributed by atoms with E-state index in [2.05, 4.69) is 30.5 Å². The van der Waals surface area contributed by atoms with Crippen molar-refractivity contribution < 1.29 is 9.47 Å². The molecule has 0 saturated heterocycles. The summed E-state index contributed by atoms with van der Waals surface area (Å²) < 4.78 is 11.4. The molecule has 1 N–H and O–H groups in total. The molecule has 1 aliphatic rings. The number of hydrogen-bond acceptors (Lipinski definition) is 3. The third-order valence-electron chi connectivity index (χ3n) is 3.00. The van der Waals surface area contributed by atoms with Crippen LogP contribution in [0.25, 0.3) is 0 Å². The second-order valence-electron chi connectivity index (χ2n) is 4.32. The first-order valence-electron chi connectivity index (χ1n) is 6.51. The Bertz CT molecular complexity index is 261. The molecule has 1 unspecified atom stereocenters. The summed E-state index contributed by atoms with van der Waals surface area (Å²) in [6, 6.07) is 0. The SMILES string of the molecule is CCCCCOC1C=C(NC)CC=C[C@H]1OC. The number of allylic oxidation sites excluding steroid dienone is 1. The minimum atomic E-state index is 0.0260. The number of rotatable bonds is 7. The summed E-state index contributed by atoms with van der Waals surface area (Å²) in [5, 5.41) is 3.19. The van der Waals surface area contributed by atoms with Gasteiger partial charge in [-0.15, -0.1) is 0 Å². The predicted octanol–water partition coefficient (Wildman–Crippen LogP) is 2.64. The summed E-state index contributed by atoms with van der Waals surface area (Å²) in [5.74, 6) is 0. The summed E-state index contributed by atoms with van der Waals surface area (Å²) >= 11 is 0. The van der Waals surface area contributed by atoms with E-state index in [1.54, 1.807) is 7.11 Å². The highest BCUT2D eigenvalue weighted by Crippen LogP contribution is 2.16. The van der Waals surface area contributed by atoms with Crippen molar-refractivity contribution in [3.8, 4) is 0 Å². The molecule has 0 amide bonds. The molecule has 1 aliphatic carbocycles. The fourth-order valence-corrected chi connectivity index (χ4v) is 1.91. The van der Waals surface area contributed by atoms with Crippen LogP contribution in [0.5, 0.6) is 0 Å². The van der Waals surface area contributed by atoms with Gasteiger partial charge in [0.25, 0.3) is 0 Å². The van der Waals surface area contributed by atoms with Crippen molar-refractivity contribution in [1.29, 1.82) is 0 Å². The zero-order valence-electron chi connectivity index (χ0n) is 11.2. The molecule has 17 heavy (non-hydrogen) atoms. The van der Waals surface area contributed by atoms with E-state index in [1.165, 1.54) is 18.5 Å². The number of methoxy groups -OCH3 is 1. The summed E-state index contributed by atoms with van der Waals surface area (Å²) in [6.45, 7) is 3.01. The van der Waals surface area contributed by atoms with Crippen LogP contribution in [0.2, 0.25) is 0 Å². The van der Waals surface area contributed by atoms with Gasteiger partial charge < -0.3 is 14.8 Å². The van der Waals surface area contributed by atoms with Crippen molar-refractivity contribution in [2.75, 3.05) is 20.8 Å². The maximum absolute atomic E-state index is 5.91. The van der Waals surface area contributed by atoms with Crippen LogP contribution in [-0.4, -0.2) is 33.0 Å². The Morgan fingerprint density at radius 1 is 1.35 bits per heavy atom. The van der Waals surface area contributed by atoms with Crippen LogP contribution in [0.4, 0.5) is 0 Å². The van der Waals surface area contributed by atoms with Gasteiger partial charge in [-0.25, -0.2) is 0 Å². The van der Waals surface area contributed by atoms with Crippen molar-refractivity contribution in [2.24, 2.45) is 0 Å². The molecule has 0 aromatic carbocycles. The summed E-state index contributed by atoms with van der Waals surface area (Å²) in [4.78, 5) is 0. The van der Waals surface area contributed by atoms with E-state index in [0.29, 0.717) is 0 Å². The van der Waals surface area contributed by atoms with Crippen molar-refractivity contribution in [2.45, 2.75) is 44.8 Å². The largest absolute Gasteiger partial charge is 0.391 e. The molecule has 1 rings (SSSR count). The van der Waals surface area contributed by atoms with E-state index < -0.39 is 0 Å². The Morgan fingerprint density at radius 2 is 2.18 bits per heavy atom. The first-order chi connectivity index (χ1) is 8.31. The lowest BCUT2D eigenvalue weighted by molar-refractivity contribution is -0.0108. The highest BCUT2D eigenvalue weighted by Gasteiger charge is 2.19. The quantitative estimate of drug-likeness (QED) is 0.547. The van der Waals surface area contributed by atoms with Crippen LogP contribution in [0, 0.1) is 0 Å². The van der Waals surface area contributed by atoms with Gasteiger partial charge in [-0.3, -0.25) is 0 Å². The molecule has 0 heterocycles. The second-order valence-corrected chi connectivity index (χ2v) is 4.32. The Hall–Kier alpha value is -0.800. The maximum Gasteiger partial charge on any atom is 0.107 e. The zero-order chi connectivity index (χ0) is 12.5. The third-order valence-corrected chi connectivity index (χ3v) is 3.00. The lowest BCUT2D eigenvalue weighted by Crippen LogP contribution is -2.28. The fourth-order valence-electron chi connectivity index (χ4n) is 1.91. The molecular weight excluding hydrogens is 214 g/mol. The van der Waals surface area contributed by atoms with Crippen LogP contribution >= 0.6 is 0 Å². The zero-order valence-corrected chi connectivity index (χ0v) is 11.2. The molecule has 0 bridgehead atoms. The van der Waals surface area contributed by atoms with Gasteiger partial charge in [0.05, 0.1) is 0 Å². The molecule has 0 spiro atoms. The van der Waals surface area contributed by atoms with Gasteiger partial charge in [0.2, 0.25) is 0 Å². The summed E-state index contributed by atoms with van der Waals surface area (Å²) in [6.07, 6.45) is 10.9. The lowest BCUT2D eigenvalue weighted by Gasteiger charge is -2.21. The first kappa shape index (κ1) is 14.3. The minimum Gasteiger partial charge on any atom is -0.391 e. The van der Waals surface area contributed by atoms with Crippen LogP contribution in [0.3, 0.4) is 0 Å². The Morgan fingerprint density at radius 3 is 2.82 bits per heavy atom. The van der Waals surface area contributed by atoms with Crippen LogP contribution < -0.4 is 5.32 Å². The van der Waals surface area contributed by atoms with E-state index in [1.807, 2.05) is 7.05 Å². The smallest absolute Gasteiger partial charge is 0.107 e. The van der Waals surface area contributed by atoms with E-state index in [-0.39, 0.29) is 12.2 Å². The van der Waals surface area contributed by atoms with Gasteiger partial charge in [-0.2, -0.15) is 0 Å². The Kier molecular flexibility index (Phi) is 6.97. The van der Waals surface area contributed by atoms with Crippen molar-refractivity contribution in [3.63, 3.8) is 0 Å². The van der Waals surface area contributed by atoms with E-state index >= 15 is 0 Å². The standard InChI is InChI=1S/C14H25NO2/c1-4-5-6-10-17-14-11-12(15-2)8-7-9-13(14)16-3/h7,9,11,13-15H,4-6,8,10H2,1-3H3/t13-,14?/m1/s1. The van der Waals surface area contributed by atoms with E-state index in [9.17, 15) is 0 Å². The van der Waals surface area contributed by atoms with Gasteiger partial charge in [-0.05, 0) is 12.5 Å². The number of nitrogens with one attached hydrogen (secondary N) is 1. The summed E-state index contributed by atoms with van der Waals surface area (Å²) in [5.41, 5.74) is 1.20. The van der Waals surface area contributed by atoms with Gasteiger partial charge in [0.1, 0.15) is 12.2 Å². The summed E-state index contributed by atoms with van der Waals surface area (Å²) in [7, 11) is 3.68. The predicted molar refractivity (Wildman–Crippen MR) is 71.0 cm³/mol. The molecule has 3 heteroatoms. The van der Waals surface area contributed by atoms with Crippen molar-refractivity contribution >= 4 is 0 Å². The van der Waals surface area contributed by atoms with E-state index in [0.717, 1.165) is 19.4 Å². The number of unbranched alkanes of at least 4 members (excludes halogenated alkanes) is 2. The van der Waals surface area contributed by atoms with Gasteiger partial charge in [0, 0.05) is 32.9 Å². The molecular formula is C14H25NO2. The van der Waals surface area contributed by atoms with Crippen molar-refractivity contribution in [3.05, 3.63) is 23.9 Å². The molecule has 0 fully saturated rings. The monoisotopic (exact) mass is 239 g/mol. The lowest BCUT2D eigenvalue weighted by atomic mass is 10.2. The first-order valence-corrected chi connectivity index (χ1v) is 6.51. The molecule has 0 saturated carbocycles. The molecule has 3 nitrogen and oxygen atoms in total. The van der Waals surface area contributed by atoms with Crippen LogP contribution in [0.1, 0.15) is 32.6 Å². The van der Waals surface area contributed by atoms with Crippen LogP contribution in [-0.2, 0) is 9.47 Å². The topological polar surface area (TPSA) is 30.5 Å². The number of hydrogen-bond donors (Lipinski definition) is 1. The van der Waals surface area contributed by atoms with Gasteiger partial charge in [0.15, 0.2) is 0 Å². The highest BCUT2D eigenvalue weighted by atomic mass is 16.5. The normalized spacial score (nSPS) is 24.3. The van der Waals surface area contributed by atoms with Crippen molar-refractivity contribution in [1.82, 2.24) is 5.32 Å². The molecule has 0 radical (unpaired) electrons. The molecule has 0 aromatic heterocycles.